The van der Waals surface area contributed by atoms with Crippen LogP contribution in [0, 0.1) is 0 Å². The van der Waals surface area contributed by atoms with Crippen LogP contribution >= 0.6 is 0 Å². The van der Waals surface area contributed by atoms with Gasteiger partial charge in [0, 0.05) is 27.7 Å². The summed E-state index contributed by atoms with van der Waals surface area (Å²) in [6.07, 6.45) is 0. The van der Waals surface area contributed by atoms with Gasteiger partial charge in [-0.25, -0.2) is 0 Å². The van der Waals surface area contributed by atoms with E-state index in [1.54, 1.807) is 0 Å². The fraction of sp³-hybridized carbons (Fsp3) is 0.0417. The summed E-state index contributed by atoms with van der Waals surface area (Å²) in [7, 11) is 0. The van der Waals surface area contributed by atoms with E-state index in [1.807, 2.05) is 0 Å². The molecule has 0 amide bonds. The summed E-state index contributed by atoms with van der Waals surface area (Å²) < 4.78 is 6.97. The molecule has 2 nitrogen and oxygen atoms in total. The van der Waals surface area contributed by atoms with E-state index in [2.05, 4.69) is 194 Å². The lowest BCUT2D eigenvalue weighted by Crippen LogP contribution is -2.22. The summed E-state index contributed by atoms with van der Waals surface area (Å²) in [5.74, 6) is 0. The largest absolute Gasteiger partial charge is 0.456 e. The van der Waals surface area contributed by atoms with Crippen molar-refractivity contribution in [1.29, 1.82) is 0 Å². The summed E-state index contributed by atoms with van der Waals surface area (Å²) in [5.41, 5.74) is 13.5. The van der Waals surface area contributed by atoms with Crippen LogP contribution in [0.15, 0.2) is 186 Å². The third kappa shape index (κ3) is 4.22. The van der Waals surface area contributed by atoms with Crippen LogP contribution in [0.4, 0.5) is 17.1 Å². The third-order valence-electron chi connectivity index (χ3n) is 10.7. The van der Waals surface area contributed by atoms with Crippen LogP contribution in [-0.2, 0) is 5.41 Å². The van der Waals surface area contributed by atoms with Gasteiger partial charge in [-0.05, 0) is 87.5 Å². The summed E-state index contributed by atoms with van der Waals surface area (Å²) >= 11 is 0. The maximum atomic E-state index is 6.97. The van der Waals surface area contributed by atoms with Crippen molar-refractivity contribution in [3.63, 3.8) is 0 Å². The van der Waals surface area contributed by atoms with Gasteiger partial charge in [-0.2, -0.15) is 0 Å². The molecule has 1 aromatic heterocycles. The van der Waals surface area contributed by atoms with Crippen LogP contribution in [-0.4, -0.2) is 0 Å². The van der Waals surface area contributed by atoms with Crippen molar-refractivity contribution in [2.24, 2.45) is 0 Å². The Morgan fingerprint density at radius 1 is 0.460 bits per heavy atom. The second kappa shape index (κ2) is 11.1. The molecule has 0 bridgehead atoms. The Bertz CT molecular complexity index is 2670. The monoisotopic (exact) mass is 639 g/mol. The molecule has 0 saturated heterocycles. The standard InChI is InChI=1S/C48H33NO/c1-48(41-20-9-7-17-38(41)39-18-8-10-21-42(39)48)43-22-11-19-40-46-44(23-12-24-45(46)50-47(40)43)49(37-30-27-33-15-5-6-16-35(33)31-37)36-28-25-34(26-29-36)32-13-3-2-4-14-32/h2-31H,1H3. The molecule has 0 radical (unpaired) electrons. The molecule has 1 aliphatic rings. The van der Waals surface area contributed by atoms with E-state index in [-0.39, 0.29) is 5.41 Å². The number of nitrogens with zero attached hydrogens (tertiary/aromatic N) is 1. The van der Waals surface area contributed by atoms with E-state index in [9.17, 15) is 0 Å². The van der Waals surface area contributed by atoms with Crippen molar-refractivity contribution in [2.45, 2.75) is 12.3 Å². The van der Waals surface area contributed by atoms with Crippen LogP contribution in [0.3, 0.4) is 0 Å². The Balaban J connectivity index is 1.21. The minimum Gasteiger partial charge on any atom is -0.456 e. The van der Waals surface area contributed by atoms with E-state index < -0.39 is 0 Å². The minimum absolute atomic E-state index is 0.369. The van der Waals surface area contributed by atoms with Gasteiger partial charge in [0.2, 0.25) is 0 Å². The maximum Gasteiger partial charge on any atom is 0.139 e. The highest BCUT2D eigenvalue weighted by molar-refractivity contribution is 6.14. The Hall–Kier alpha value is -6.38. The zero-order valence-electron chi connectivity index (χ0n) is 27.7. The number of anilines is 3. The number of fused-ring (bicyclic) bond motifs is 7. The van der Waals surface area contributed by atoms with E-state index in [1.165, 1.54) is 49.7 Å². The van der Waals surface area contributed by atoms with Crippen LogP contribution < -0.4 is 4.90 Å². The Morgan fingerprint density at radius 3 is 1.82 bits per heavy atom. The molecule has 0 N–H and O–H groups in total. The van der Waals surface area contributed by atoms with Crippen LogP contribution in [0.25, 0.3) is 55.0 Å². The second-order valence-corrected chi connectivity index (χ2v) is 13.4. The first kappa shape index (κ1) is 28.6. The molecule has 8 aromatic carbocycles. The average Bonchev–Trinajstić information content (AvgIpc) is 3.70. The number of benzene rings is 8. The quantitative estimate of drug-likeness (QED) is 0.186. The molecule has 0 spiro atoms. The molecular formula is C48H33NO. The summed E-state index contributed by atoms with van der Waals surface area (Å²) in [4.78, 5) is 2.38. The van der Waals surface area contributed by atoms with Crippen molar-refractivity contribution in [3.05, 3.63) is 199 Å². The van der Waals surface area contributed by atoms with Gasteiger partial charge in [0.25, 0.3) is 0 Å². The van der Waals surface area contributed by atoms with Gasteiger partial charge < -0.3 is 9.32 Å². The molecule has 0 atom stereocenters. The normalized spacial score (nSPS) is 13.1. The smallest absolute Gasteiger partial charge is 0.139 e. The fourth-order valence-electron chi connectivity index (χ4n) is 8.33. The van der Waals surface area contributed by atoms with Crippen molar-refractivity contribution in [1.82, 2.24) is 0 Å². The number of rotatable bonds is 5. The molecule has 236 valence electrons. The first-order chi connectivity index (χ1) is 24.7. The molecule has 0 fully saturated rings. The van der Waals surface area contributed by atoms with Gasteiger partial charge in [0.05, 0.1) is 11.1 Å². The lowest BCUT2D eigenvalue weighted by Gasteiger charge is -2.28. The summed E-state index contributed by atoms with van der Waals surface area (Å²) in [5, 5.41) is 4.64. The molecule has 1 heterocycles. The predicted octanol–water partition coefficient (Wildman–Crippen LogP) is 13.2. The predicted molar refractivity (Wildman–Crippen MR) is 209 cm³/mol. The van der Waals surface area contributed by atoms with Crippen molar-refractivity contribution in [2.75, 3.05) is 4.90 Å². The maximum absolute atomic E-state index is 6.97. The second-order valence-electron chi connectivity index (χ2n) is 13.4. The third-order valence-corrected chi connectivity index (χ3v) is 10.7. The average molecular weight is 640 g/mol. The molecule has 0 saturated carbocycles. The minimum atomic E-state index is -0.369. The van der Waals surface area contributed by atoms with E-state index in [4.69, 9.17) is 4.42 Å². The van der Waals surface area contributed by atoms with Crippen LogP contribution in [0.2, 0.25) is 0 Å². The van der Waals surface area contributed by atoms with Gasteiger partial charge in [0.1, 0.15) is 11.2 Å². The highest BCUT2D eigenvalue weighted by Gasteiger charge is 2.42. The SMILES string of the molecule is CC1(c2cccc3c2oc2cccc(N(c4ccc(-c5ccccc5)cc4)c4ccc5ccccc5c4)c23)c2ccccc2-c2ccccc21. The van der Waals surface area contributed by atoms with Gasteiger partial charge in [-0.1, -0.05) is 146 Å². The Labute approximate surface area is 291 Å². The Kier molecular flexibility index (Phi) is 6.34. The van der Waals surface area contributed by atoms with Crippen molar-refractivity contribution in [3.8, 4) is 22.3 Å². The summed E-state index contributed by atoms with van der Waals surface area (Å²) in [6.45, 7) is 2.36. The van der Waals surface area contributed by atoms with Crippen LogP contribution in [0.1, 0.15) is 23.6 Å². The molecule has 2 heteroatoms. The van der Waals surface area contributed by atoms with Crippen LogP contribution in [0.5, 0.6) is 0 Å². The lowest BCUT2D eigenvalue weighted by atomic mass is 9.74. The van der Waals surface area contributed by atoms with Crippen molar-refractivity contribution >= 4 is 49.8 Å². The zero-order valence-corrected chi connectivity index (χ0v) is 27.7. The zero-order chi connectivity index (χ0) is 33.2. The molecular weight excluding hydrogens is 607 g/mol. The van der Waals surface area contributed by atoms with Gasteiger partial charge in [0.15, 0.2) is 0 Å². The molecule has 50 heavy (non-hydrogen) atoms. The topological polar surface area (TPSA) is 16.4 Å². The van der Waals surface area contributed by atoms with Crippen molar-refractivity contribution < 1.29 is 4.42 Å². The highest BCUT2D eigenvalue weighted by atomic mass is 16.3. The summed E-state index contributed by atoms with van der Waals surface area (Å²) in [6, 6.07) is 65.6. The number of para-hydroxylation sites is 1. The van der Waals surface area contributed by atoms with Gasteiger partial charge in [-0.15, -0.1) is 0 Å². The van der Waals surface area contributed by atoms with E-state index >= 15 is 0 Å². The lowest BCUT2D eigenvalue weighted by molar-refractivity contribution is 0.638. The molecule has 0 aliphatic heterocycles. The van der Waals surface area contributed by atoms with Gasteiger partial charge in [-0.3, -0.25) is 0 Å². The first-order valence-corrected chi connectivity index (χ1v) is 17.3. The number of hydrogen-bond donors (Lipinski definition) is 0. The van der Waals surface area contributed by atoms with E-state index in [0.29, 0.717) is 0 Å². The molecule has 1 aliphatic carbocycles. The molecule has 9 aromatic rings. The Morgan fingerprint density at radius 2 is 1.06 bits per heavy atom. The number of furan rings is 1. The molecule has 0 unspecified atom stereocenters. The molecule has 10 rings (SSSR count). The van der Waals surface area contributed by atoms with Gasteiger partial charge >= 0.3 is 0 Å². The highest BCUT2D eigenvalue weighted by Crippen LogP contribution is 2.54. The van der Waals surface area contributed by atoms with E-state index in [0.717, 1.165) is 39.0 Å². The fourth-order valence-corrected chi connectivity index (χ4v) is 8.33. The first-order valence-electron chi connectivity index (χ1n) is 17.3. The number of hydrogen-bond acceptors (Lipinski definition) is 2.